The van der Waals surface area contributed by atoms with Crippen LogP contribution in [-0.2, 0) is 4.79 Å². The van der Waals surface area contributed by atoms with E-state index in [9.17, 15) is 4.79 Å². The molecule has 0 aromatic rings. The Morgan fingerprint density at radius 2 is 1.83 bits per heavy atom. The Balaban J connectivity index is 0.00000242. The summed E-state index contributed by atoms with van der Waals surface area (Å²) < 4.78 is 0. The molecule has 2 N–H and O–H groups in total. The standard InChI is InChI=1S/C17H33N3O.2ClH/c1-13-7-4-5-9-19(13)11-16-8-6-10-20(12-16)17(21)14(2)15(3)18;;/h13-16H,4-12,18H2,1-3H3;2*1H. The summed E-state index contributed by atoms with van der Waals surface area (Å²) in [4.78, 5) is 17.2. The molecule has 4 unspecified atom stereocenters. The molecular formula is C17H35Cl2N3O. The molecule has 0 aromatic carbocycles. The number of likely N-dealkylation sites (tertiary alicyclic amines) is 2. The fourth-order valence-electron chi connectivity index (χ4n) is 3.69. The monoisotopic (exact) mass is 367 g/mol. The van der Waals surface area contributed by atoms with Crippen LogP contribution in [0.3, 0.4) is 0 Å². The second kappa shape index (κ2) is 10.8. The quantitative estimate of drug-likeness (QED) is 0.830. The predicted molar refractivity (Wildman–Crippen MR) is 101 cm³/mol. The highest BCUT2D eigenvalue weighted by Crippen LogP contribution is 2.23. The van der Waals surface area contributed by atoms with E-state index >= 15 is 0 Å². The van der Waals surface area contributed by atoms with E-state index in [4.69, 9.17) is 5.73 Å². The summed E-state index contributed by atoms with van der Waals surface area (Å²) in [6.07, 6.45) is 6.45. The van der Waals surface area contributed by atoms with Crippen LogP contribution in [0.2, 0.25) is 0 Å². The number of piperidine rings is 2. The number of nitrogens with two attached hydrogens (primary N) is 1. The molecule has 2 aliphatic heterocycles. The first-order chi connectivity index (χ1) is 9.99. The lowest BCUT2D eigenvalue weighted by molar-refractivity contribution is -0.137. The Hall–Kier alpha value is -0.0300. The molecule has 0 aromatic heterocycles. The smallest absolute Gasteiger partial charge is 0.226 e. The van der Waals surface area contributed by atoms with E-state index in [2.05, 4.69) is 16.7 Å². The van der Waals surface area contributed by atoms with Crippen molar-refractivity contribution in [3.63, 3.8) is 0 Å². The molecule has 138 valence electrons. The zero-order chi connectivity index (χ0) is 15.4. The molecule has 0 spiro atoms. The Morgan fingerprint density at radius 3 is 2.43 bits per heavy atom. The first-order valence-corrected chi connectivity index (χ1v) is 8.77. The van der Waals surface area contributed by atoms with Crippen molar-refractivity contribution in [2.45, 2.75) is 65.0 Å². The summed E-state index contributed by atoms with van der Waals surface area (Å²) >= 11 is 0. The Bertz CT molecular complexity index is 355. The van der Waals surface area contributed by atoms with Gasteiger partial charge in [0.05, 0.1) is 5.92 Å². The maximum Gasteiger partial charge on any atom is 0.226 e. The van der Waals surface area contributed by atoms with Gasteiger partial charge in [0.25, 0.3) is 0 Å². The van der Waals surface area contributed by atoms with Gasteiger partial charge < -0.3 is 15.5 Å². The average Bonchev–Trinajstić information content (AvgIpc) is 2.48. The van der Waals surface area contributed by atoms with Crippen molar-refractivity contribution in [2.75, 3.05) is 26.2 Å². The highest BCUT2D eigenvalue weighted by Gasteiger charge is 2.30. The van der Waals surface area contributed by atoms with Crippen molar-refractivity contribution in [1.29, 1.82) is 0 Å². The lowest BCUT2D eigenvalue weighted by atomic mass is 9.93. The van der Waals surface area contributed by atoms with Gasteiger partial charge in [0.2, 0.25) is 5.91 Å². The van der Waals surface area contributed by atoms with Gasteiger partial charge in [0.15, 0.2) is 0 Å². The predicted octanol–water partition coefficient (Wildman–Crippen LogP) is 2.93. The lowest BCUT2D eigenvalue weighted by Crippen LogP contribution is -2.49. The molecule has 0 aliphatic carbocycles. The van der Waals surface area contributed by atoms with Crippen LogP contribution in [0.1, 0.15) is 52.9 Å². The van der Waals surface area contributed by atoms with E-state index in [-0.39, 0.29) is 42.7 Å². The van der Waals surface area contributed by atoms with E-state index in [1.54, 1.807) is 0 Å². The minimum atomic E-state index is -0.0577. The van der Waals surface area contributed by atoms with Crippen molar-refractivity contribution in [3.05, 3.63) is 0 Å². The second-order valence-corrected chi connectivity index (χ2v) is 7.28. The van der Waals surface area contributed by atoms with Gasteiger partial charge >= 0.3 is 0 Å². The summed E-state index contributed by atoms with van der Waals surface area (Å²) in [7, 11) is 0. The van der Waals surface area contributed by atoms with Crippen molar-refractivity contribution in [2.24, 2.45) is 17.6 Å². The van der Waals surface area contributed by atoms with Crippen LogP contribution in [0, 0.1) is 11.8 Å². The van der Waals surface area contributed by atoms with E-state index in [1.165, 1.54) is 32.2 Å². The summed E-state index contributed by atoms with van der Waals surface area (Å²) in [6, 6.07) is 0.660. The Kier molecular flexibility index (Phi) is 10.7. The third kappa shape index (κ3) is 6.41. The molecular weight excluding hydrogens is 333 g/mol. The molecule has 0 saturated carbocycles. The summed E-state index contributed by atoms with van der Waals surface area (Å²) in [5.41, 5.74) is 5.89. The van der Waals surface area contributed by atoms with Gasteiger partial charge in [-0.2, -0.15) is 0 Å². The van der Waals surface area contributed by atoms with Crippen LogP contribution in [-0.4, -0.2) is 54.0 Å². The lowest BCUT2D eigenvalue weighted by Gasteiger charge is -2.40. The number of carbonyl (C=O) groups is 1. The molecule has 0 radical (unpaired) electrons. The summed E-state index contributed by atoms with van der Waals surface area (Å²) in [6.45, 7) is 10.5. The van der Waals surface area contributed by atoms with E-state index in [0.717, 1.165) is 26.1 Å². The molecule has 2 saturated heterocycles. The third-order valence-corrected chi connectivity index (χ3v) is 5.44. The molecule has 4 atom stereocenters. The van der Waals surface area contributed by atoms with E-state index in [0.29, 0.717) is 12.0 Å². The number of hydrogen-bond acceptors (Lipinski definition) is 3. The number of nitrogens with zero attached hydrogens (tertiary/aromatic N) is 2. The van der Waals surface area contributed by atoms with Crippen LogP contribution in [0.15, 0.2) is 0 Å². The highest BCUT2D eigenvalue weighted by molar-refractivity contribution is 5.85. The number of hydrogen-bond donors (Lipinski definition) is 1. The van der Waals surface area contributed by atoms with Crippen molar-refractivity contribution in [3.8, 4) is 0 Å². The topological polar surface area (TPSA) is 49.6 Å². The van der Waals surface area contributed by atoms with Gasteiger partial charge in [-0.3, -0.25) is 4.79 Å². The van der Waals surface area contributed by atoms with E-state index < -0.39 is 0 Å². The fraction of sp³-hybridized carbons (Fsp3) is 0.941. The molecule has 2 heterocycles. The van der Waals surface area contributed by atoms with Gasteiger partial charge in [0, 0.05) is 31.7 Å². The van der Waals surface area contributed by atoms with Crippen LogP contribution in [0.4, 0.5) is 0 Å². The minimum absolute atomic E-state index is 0. The van der Waals surface area contributed by atoms with Crippen molar-refractivity contribution in [1.82, 2.24) is 9.80 Å². The number of rotatable bonds is 4. The molecule has 23 heavy (non-hydrogen) atoms. The third-order valence-electron chi connectivity index (χ3n) is 5.44. The van der Waals surface area contributed by atoms with Crippen LogP contribution >= 0.6 is 24.8 Å². The summed E-state index contributed by atoms with van der Waals surface area (Å²) in [5.74, 6) is 0.836. The van der Waals surface area contributed by atoms with Crippen LogP contribution < -0.4 is 5.73 Å². The molecule has 2 rings (SSSR count). The van der Waals surface area contributed by atoms with Gasteiger partial charge in [0.1, 0.15) is 0 Å². The van der Waals surface area contributed by atoms with E-state index in [1.807, 2.05) is 13.8 Å². The number of amides is 1. The molecule has 0 bridgehead atoms. The molecule has 2 aliphatic rings. The Labute approximate surface area is 154 Å². The zero-order valence-electron chi connectivity index (χ0n) is 14.9. The van der Waals surface area contributed by atoms with Gasteiger partial charge in [-0.15, -0.1) is 24.8 Å². The van der Waals surface area contributed by atoms with Gasteiger partial charge in [-0.05, 0) is 52.0 Å². The molecule has 1 amide bonds. The first-order valence-electron chi connectivity index (χ1n) is 8.77. The zero-order valence-corrected chi connectivity index (χ0v) is 16.5. The maximum absolute atomic E-state index is 12.5. The normalized spacial score (nSPS) is 28.3. The van der Waals surface area contributed by atoms with Gasteiger partial charge in [-0.25, -0.2) is 0 Å². The van der Waals surface area contributed by atoms with Gasteiger partial charge in [-0.1, -0.05) is 13.3 Å². The van der Waals surface area contributed by atoms with Crippen molar-refractivity contribution < 1.29 is 4.79 Å². The number of halogens is 2. The van der Waals surface area contributed by atoms with Crippen molar-refractivity contribution >= 4 is 30.7 Å². The average molecular weight is 368 g/mol. The Morgan fingerprint density at radius 1 is 1.13 bits per heavy atom. The molecule has 6 heteroatoms. The fourth-order valence-corrected chi connectivity index (χ4v) is 3.69. The first kappa shape index (κ1) is 23.0. The minimum Gasteiger partial charge on any atom is -0.342 e. The molecule has 2 fully saturated rings. The summed E-state index contributed by atoms with van der Waals surface area (Å²) in [5, 5.41) is 0. The second-order valence-electron chi connectivity index (χ2n) is 7.28. The highest BCUT2D eigenvalue weighted by atomic mass is 35.5. The number of carbonyl (C=O) groups excluding carboxylic acids is 1. The largest absolute Gasteiger partial charge is 0.342 e. The van der Waals surface area contributed by atoms with Crippen LogP contribution in [0.25, 0.3) is 0 Å². The SMILES string of the molecule is CC(N)C(C)C(=O)N1CCCC(CN2CCCCC2C)C1.Cl.Cl. The molecule has 4 nitrogen and oxygen atoms in total. The maximum atomic E-state index is 12.5. The van der Waals surface area contributed by atoms with Crippen LogP contribution in [0.5, 0.6) is 0 Å².